The van der Waals surface area contributed by atoms with Gasteiger partial charge in [-0.05, 0) is 31.2 Å². The molecule has 0 unspecified atom stereocenters. The molecule has 0 bridgehead atoms. The van der Waals surface area contributed by atoms with Crippen LogP contribution in [0.25, 0.3) is 5.76 Å². The van der Waals surface area contributed by atoms with E-state index in [0.29, 0.717) is 0 Å². The molecule has 164 valence electrons. The van der Waals surface area contributed by atoms with E-state index < -0.39 is 22.1 Å². The Balaban J connectivity index is 1.95. The molecular weight excluding hydrogens is 426 g/mol. The summed E-state index contributed by atoms with van der Waals surface area (Å²) in [6.07, 6.45) is 0.641. The van der Waals surface area contributed by atoms with Gasteiger partial charge in [-0.1, -0.05) is 18.2 Å². The minimum Gasteiger partial charge on any atom is -0.487 e. The second kappa shape index (κ2) is 9.47. The van der Waals surface area contributed by atoms with Crippen LogP contribution in [0.5, 0.6) is 0 Å². The molecule has 1 aromatic carbocycles. The van der Waals surface area contributed by atoms with E-state index in [4.69, 9.17) is 9.47 Å². The maximum Gasteiger partial charge on any atom is 0.508 e. The van der Waals surface area contributed by atoms with Gasteiger partial charge in [0.25, 0.3) is 15.9 Å². The smallest absolute Gasteiger partial charge is 0.487 e. The third-order valence-corrected chi connectivity index (χ3v) is 6.05. The van der Waals surface area contributed by atoms with E-state index >= 15 is 0 Å². The molecule has 1 aliphatic rings. The van der Waals surface area contributed by atoms with E-state index in [1.807, 2.05) is 0 Å². The van der Waals surface area contributed by atoms with Crippen LogP contribution in [0, 0.1) is 0 Å². The average molecular weight is 447 g/mol. The Morgan fingerprint density at radius 3 is 2.52 bits per heavy atom. The van der Waals surface area contributed by atoms with Crippen LogP contribution >= 0.6 is 0 Å². The van der Waals surface area contributed by atoms with Crippen molar-refractivity contribution in [2.45, 2.75) is 11.8 Å². The largest absolute Gasteiger partial charge is 0.508 e. The van der Waals surface area contributed by atoms with E-state index in [0.717, 1.165) is 4.31 Å². The van der Waals surface area contributed by atoms with Crippen molar-refractivity contribution in [1.29, 1.82) is 0 Å². The maximum atomic E-state index is 13.0. The van der Waals surface area contributed by atoms with Crippen molar-refractivity contribution < 1.29 is 32.2 Å². The summed E-state index contributed by atoms with van der Waals surface area (Å²) in [5, 5.41) is 2.57. The second-order valence-corrected chi connectivity index (χ2v) is 8.13. The van der Waals surface area contributed by atoms with Crippen molar-refractivity contribution in [2.24, 2.45) is 0 Å². The Kier molecular flexibility index (Phi) is 6.75. The van der Waals surface area contributed by atoms with Gasteiger partial charge >= 0.3 is 6.16 Å². The molecule has 3 rings (SSSR count). The maximum absolute atomic E-state index is 13.0. The van der Waals surface area contributed by atoms with Crippen molar-refractivity contribution in [3.63, 3.8) is 0 Å². The fraction of sp³-hybridized carbons (Fsp3) is 0.250. The minimum absolute atomic E-state index is 0.00630. The van der Waals surface area contributed by atoms with E-state index in [9.17, 15) is 18.0 Å². The van der Waals surface area contributed by atoms with Crippen LogP contribution in [-0.4, -0.2) is 56.6 Å². The first-order valence-corrected chi connectivity index (χ1v) is 10.8. The van der Waals surface area contributed by atoms with Crippen LogP contribution in [0.1, 0.15) is 12.5 Å². The Hall–Kier alpha value is -3.60. The van der Waals surface area contributed by atoms with Crippen molar-refractivity contribution in [3.8, 4) is 0 Å². The summed E-state index contributed by atoms with van der Waals surface area (Å²) in [7, 11) is -2.72. The van der Waals surface area contributed by atoms with Gasteiger partial charge in [0, 0.05) is 18.8 Å². The van der Waals surface area contributed by atoms with Gasteiger partial charge in [0.2, 0.25) is 0 Å². The molecule has 1 N–H and O–H groups in total. The summed E-state index contributed by atoms with van der Waals surface area (Å²) in [6.45, 7) is 1.52. The highest BCUT2D eigenvalue weighted by molar-refractivity contribution is 7.89. The van der Waals surface area contributed by atoms with E-state index in [-0.39, 0.29) is 47.6 Å². The first-order valence-electron chi connectivity index (χ1n) is 9.33. The van der Waals surface area contributed by atoms with Gasteiger partial charge < -0.3 is 19.5 Å². The molecule has 0 aliphatic carbocycles. The molecule has 0 saturated heterocycles. The molecule has 0 spiro atoms. The fourth-order valence-corrected chi connectivity index (χ4v) is 4.24. The highest BCUT2D eigenvalue weighted by Crippen LogP contribution is 2.36. The highest BCUT2D eigenvalue weighted by atomic mass is 32.2. The number of anilines is 1. The summed E-state index contributed by atoms with van der Waals surface area (Å²) in [6, 6.07) is 11.1. The number of likely N-dealkylation sites (N-methyl/N-ethyl adjacent to an activating group) is 1. The van der Waals surface area contributed by atoms with Gasteiger partial charge in [0.1, 0.15) is 19.0 Å². The Morgan fingerprint density at radius 1 is 1.06 bits per heavy atom. The lowest BCUT2D eigenvalue weighted by molar-refractivity contribution is -0.113. The molecule has 1 aliphatic heterocycles. The van der Waals surface area contributed by atoms with Gasteiger partial charge in [0.15, 0.2) is 11.5 Å². The number of pyridine rings is 1. The molecule has 31 heavy (non-hydrogen) atoms. The number of nitrogens with zero attached hydrogens (tertiary/aromatic N) is 2. The summed E-state index contributed by atoms with van der Waals surface area (Å²) >= 11 is 0. The van der Waals surface area contributed by atoms with Crippen LogP contribution in [0.2, 0.25) is 0 Å². The van der Waals surface area contributed by atoms with Crippen molar-refractivity contribution in [2.75, 3.05) is 32.2 Å². The lowest BCUT2D eigenvalue weighted by Gasteiger charge is -2.30. The Morgan fingerprint density at radius 2 is 1.81 bits per heavy atom. The van der Waals surface area contributed by atoms with Gasteiger partial charge in [0.05, 0.1) is 11.5 Å². The first kappa shape index (κ1) is 22.1. The number of hydrogen-bond acceptors (Lipinski definition) is 8. The number of amides is 1. The van der Waals surface area contributed by atoms with Gasteiger partial charge in [-0.2, -0.15) is 0 Å². The third kappa shape index (κ3) is 4.77. The SMILES string of the molecule is CCOC(=O)OCCOC1=C(C(=O)Nc2ccccn2)N(C)S(=O)(=O)c2ccccc21. The third-order valence-electron chi connectivity index (χ3n) is 4.23. The Bertz CT molecular complexity index is 1100. The Labute approximate surface area is 179 Å². The summed E-state index contributed by atoms with van der Waals surface area (Å²) in [5.41, 5.74) is 0.00314. The monoisotopic (exact) mass is 447 g/mol. The minimum atomic E-state index is -3.98. The van der Waals surface area contributed by atoms with E-state index in [2.05, 4.69) is 15.0 Å². The lowest BCUT2D eigenvalue weighted by atomic mass is 10.1. The number of benzene rings is 1. The number of carbonyl (C=O) groups excluding carboxylic acids is 2. The second-order valence-electron chi connectivity index (χ2n) is 6.20. The van der Waals surface area contributed by atoms with Gasteiger partial charge in [-0.25, -0.2) is 18.2 Å². The molecule has 1 aromatic heterocycles. The number of nitrogens with one attached hydrogen (secondary N) is 1. The number of rotatable bonds is 7. The molecular formula is C20H21N3O7S. The molecule has 1 amide bonds. The van der Waals surface area contributed by atoms with Crippen molar-refractivity contribution in [3.05, 3.63) is 59.9 Å². The fourth-order valence-electron chi connectivity index (χ4n) is 2.85. The normalized spacial score (nSPS) is 14.5. The highest BCUT2D eigenvalue weighted by Gasteiger charge is 2.38. The number of ether oxygens (including phenoxy) is 3. The average Bonchev–Trinajstić information content (AvgIpc) is 2.75. The first-order chi connectivity index (χ1) is 14.9. The predicted octanol–water partition coefficient (Wildman–Crippen LogP) is 2.21. The predicted molar refractivity (Wildman–Crippen MR) is 110 cm³/mol. The molecule has 0 saturated carbocycles. The van der Waals surface area contributed by atoms with Crippen LogP contribution in [0.15, 0.2) is 59.3 Å². The van der Waals surface area contributed by atoms with Gasteiger partial charge in [-0.3, -0.25) is 9.10 Å². The number of carbonyl (C=O) groups is 2. The molecule has 10 nitrogen and oxygen atoms in total. The van der Waals surface area contributed by atoms with Crippen molar-refractivity contribution in [1.82, 2.24) is 9.29 Å². The zero-order valence-corrected chi connectivity index (χ0v) is 17.7. The quantitative estimate of drug-likeness (QED) is 0.506. The van der Waals surface area contributed by atoms with Crippen molar-refractivity contribution >= 4 is 33.7 Å². The molecule has 2 aromatic rings. The number of sulfonamides is 1. The van der Waals surface area contributed by atoms with E-state index in [1.165, 1.54) is 25.4 Å². The topological polar surface area (TPSA) is 124 Å². The van der Waals surface area contributed by atoms with E-state index in [1.54, 1.807) is 37.3 Å². The molecule has 0 radical (unpaired) electrons. The zero-order chi connectivity index (χ0) is 22.4. The molecule has 0 atom stereocenters. The molecule has 0 fully saturated rings. The molecule has 11 heteroatoms. The van der Waals surface area contributed by atoms with Crippen LogP contribution in [-0.2, 0) is 29.0 Å². The summed E-state index contributed by atoms with van der Waals surface area (Å²) < 4.78 is 42.1. The standard InChI is InChI=1S/C20H21N3O7S/c1-3-28-20(25)30-13-12-29-18-14-8-4-5-9-15(14)31(26,27)23(2)17(18)19(24)22-16-10-6-7-11-21-16/h4-11H,3,12-13H2,1-2H3,(H,21,22,24). The number of fused-ring (bicyclic) bond motifs is 1. The molecule has 2 heterocycles. The lowest BCUT2D eigenvalue weighted by Crippen LogP contribution is -2.37. The summed E-state index contributed by atoms with van der Waals surface area (Å²) in [5.74, 6) is -0.441. The zero-order valence-electron chi connectivity index (χ0n) is 16.9. The van der Waals surface area contributed by atoms with Gasteiger partial charge in [-0.15, -0.1) is 0 Å². The number of aromatic nitrogens is 1. The van der Waals surface area contributed by atoms with Crippen LogP contribution in [0.3, 0.4) is 0 Å². The number of hydrogen-bond donors (Lipinski definition) is 1. The van der Waals surface area contributed by atoms with Crippen LogP contribution in [0.4, 0.5) is 10.6 Å². The summed E-state index contributed by atoms with van der Waals surface area (Å²) in [4.78, 5) is 28.4. The van der Waals surface area contributed by atoms with Crippen LogP contribution < -0.4 is 5.32 Å².